The predicted molar refractivity (Wildman–Crippen MR) is 121 cm³/mol. The lowest BCUT2D eigenvalue weighted by Crippen LogP contribution is -2.30. The van der Waals surface area contributed by atoms with Crippen molar-refractivity contribution in [3.8, 4) is 0 Å². The van der Waals surface area contributed by atoms with Gasteiger partial charge in [-0.25, -0.2) is 4.98 Å². The topological polar surface area (TPSA) is 58.4 Å². The van der Waals surface area contributed by atoms with Gasteiger partial charge in [-0.2, -0.15) is 0 Å². The third kappa shape index (κ3) is 3.79. The lowest BCUT2D eigenvalue weighted by atomic mass is 10.2. The molecule has 0 bridgehead atoms. The Morgan fingerprint density at radius 1 is 1.13 bits per heavy atom. The van der Waals surface area contributed by atoms with Crippen LogP contribution in [0.5, 0.6) is 0 Å². The van der Waals surface area contributed by atoms with Crippen molar-refractivity contribution in [3.63, 3.8) is 0 Å². The van der Waals surface area contributed by atoms with Crippen LogP contribution in [-0.4, -0.2) is 51.4 Å². The first-order chi connectivity index (χ1) is 14.5. The van der Waals surface area contributed by atoms with Crippen molar-refractivity contribution in [3.05, 3.63) is 62.5 Å². The number of benzene rings is 1. The first-order valence-corrected chi connectivity index (χ1v) is 11.4. The van der Waals surface area contributed by atoms with Crippen LogP contribution in [-0.2, 0) is 19.5 Å². The van der Waals surface area contributed by atoms with E-state index in [0.717, 1.165) is 37.4 Å². The molecule has 0 saturated heterocycles. The average Bonchev–Trinajstić information content (AvgIpc) is 2.95. The fourth-order valence-electron chi connectivity index (χ4n) is 4.15. The molecule has 0 radical (unpaired) electrons. The summed E-state index contributed by atoms with van der Waals surface area (Å²) in [5, 5.41) is 0.607. The molecule has 158 valence electrons. The van der Waals surface area contributed by atoms with Gasteiger partial charge in [-0.05, 0) is 31.9 Å². The van der Waals surface area contributed by atoms with Crippen LogP contribution >= 0.6 is 11.3 Å². The molecule has 0 fully saturated rings. The second kappa shape index (κ2) is 8.70. The Labute approximate surface area is 180 Å². The van der Waals surface area contributed by atoms with Crippen LogP contribution in [0.1, 0.15) is 40.5 Å². The molecule has 0 spiro atoms. The van der Waals surface area contributed by atoms with Gasteiger partial charge in [0.15, 0.2) is 0 Å². The average molecular weight is 425 g/mol. The number of amides is 1. The molecular formula is C23H28N4O2S. The molecule has 2 aromatic heterocycles. The highest BCUT2D eigenvalue weighted by atomic mass is 32.1. The van der Waals surface area contributed by atoms with Gasteiger partial charge in [-0.3, -0.25) is 19.1 Å². The monoisotopic (exact) mass is 424 g/mol. The quantitative estimate of drug-likeness (QED) is 0.631. The standard InChI is InChI=1S/C23H28N4O2S/c1-4-26(5-2)23(29)20-16(3)19-21(30-20)24-18-11-12-25(13-14-27(18)22(19)28)15-17-9-7-6-8-10-17/h6-10H,4-5,11-15H2,1-3H3. The number of thiophene rings is 1. The first-order valence-electron chi connectivity index (χ1n) is 10.6. The number of carbonyl (C=O) groups is 1. The number of hydrogen-bond donors (Lipinski definition) is 0. The SMILES string of the molecule is CCN(CC)C(=O)c1sc2nc3n(c(=O)c2c1C)CCN(Cc1ccccc1)CC3. The normalized spacial score (nSPS) is 14.5. The summed E-state index contributed by atoms with van der Waals surface area (Å²) in [7, 11) is 0. The Hall–Kier alpha value is -2.51. The predicted octanol–water partition coefficient (Wildman–Crippen LogP) is 3.31. The number of aryl methyl sites for hydroxylation is 1. The maximum atomic E-state index is 13.3. The Morgan fingerprint density at radius 3 is 2.57 bits per heavy atom. The van der Waals surface area contributed by atoms with Crippen LogP contribution in [0, 0.1) is 6.92 Å². The second-order valence-corrected chi connectivity index (χ2v) is 8.71. The van der Waals surface area contributed by atoms with Crippen molar-refractivity contribution in [2.24, 2.45) is 0 Å². The molecule has 0 unspecified atom stereocenters. The molecule has 0 atom stereocenters. The molecule has 1 aliphatic rings. The van der Waals surface area contributed by atoms with Crippen LogP contribution in [0.3, 0.4) is 0 Å². The zero-order chi connectivity index (χ0) is 21.3. The number of aromatic nitrogens is 2. The zero-order valence-corrected chi connectivity index (χ0v) is 18.7. The molecule has 0 saturated carbocycles. The van der Waals surface area contributed by atoms with Crippen LogP contribution < -0.4 is 5.56 Å². The van der Waals surface area contributed by atoms with E-state index < -0.39 is 0 Å². The van der Waals surface area contributed by atoms with Gasteiger partial charge in [0.25, 0.3) is 11.5 Å². The van der Waals surface area contributed by atoms with Crippen molar-refractivity contribution in [1.29, 1.82) is 0 Å². The highest BCUT2D eigenvalue weighted by Gasteiger charge is 2.25. The highest BCUT2D eigenvalue weighted by Crippen LogP contribution is 2.29. The Morgan fingerprint density at radius 2 is 1.87 bits per heavy atom. The van der Waals surface area contributed by atoms with E-state index in [1.807, 2.05) is 31.4 Å². The van der Waals surface area contributed by atoms with Crippen molar-refractivity contribution in [1.82, 2.24) is 19.4 Å². The van der Waals surface area contributed by atoms with Crippen molar-refractivity contribution in [2.75, 3.05) is 26.2 Å². The van der Waals surface area contributed by atoms with Crippen LogP contribution in [0.2, 0.25) is 0 Å². The van der Waals surface area contributed by atoms with Crippen LogP contribution in [0.15, 0.2) is 35.1 Å². The molecule has 3 aromatic rings. The third-order valence-corrected chi connectivity index (χ3v) is 7.09. The van der Waals surface area contributed by atoms with Gasteiger partial charge < -0.3 is 4.90 Å². The largest absolute Gasteiger partial charge is 0.338 e. The summed E-state index contributed by atoms with van der Waals surface area (Å²) in [4.78, 5) is 36.6. The van der Waals surface area contributed by atoms with Crippen molar-refractivity contribution < 1.29 is 4.79 Å². The molecule has 30 heavy (non-hydrogen) atoms. The minimum Gasteiger partial charge on any atom is -0.338 e. The maximum absolute atomic E-state index is 13.3. The molecule has 0 N–H and O–H groups in total. The summed E-state index contributed by atoms with van der Waals surface area (Å²) < 4.78 is 1.82. The lowest BCUT2D eigenvalue weighted by Gasteiger charge is -2.19. The van der Waals surface area contributed by atoms with Gasteiger partial charge in [0.2, 0.25) is 0 Å². The third-order valence-electron chi connectivity index (χ3n) is 5.91. The minimum atomic E-state index is -0.0103. The minimum absolute atomic E-state index is 0.00543. The summed E-state index contributed by atoms with van der Waals surface area (Å²) in [6, 6.07) is 10.4. The fourth-order valence-corrected chi connectivity index (χ4v) is 5.31. The number of fused-ring (bicyclic) bond motifs is 2. The molecule has 1 aliphatic heterocycles. The summed E-state index contributed by atoms with van der Waals surface area (Å²) >= 11 is 1.36. The second-order valence-electron chi connectivity index (χ2n) is 7.71. The van der Waals surface area contributed by atoms with E-state index in [2.05, 4.69) is 29.2 Å². The zero-order valence-electron chi connectivity index (χ0n) is 17.9. The number of rotatable bonds is 5. The number of carbonyl (C=O) groups excluding carboxylic acids is 1. The summed E-state index contributed by atoms with van der Waals surface area (Å²) in [6.07, 6.45) is 0.730. The number of hydrogen-bond acceptors (Lipinski definition) is 5. The number of nitrogens with zero attached hydrogens (tertiary/aromatic N) is 4. The molecule has 7 heteroatoms. The maximum Gasteiger partial charge on any atom is 0.264 e. The fraction of sp³-hybridized carbons (Fsp3) is 0.435. The molecule has 6 nitrogen and oxygen atoms in total. The molecule has 4 rings (SSSR count). The smallest absolute Gasteiger partial charge is 0.264 e. The van der Waals surface area contributed by atoms with E-state index >= 15 is 0 Å². The summed E-state index contributed by atoms with van der Waals surface area (Å²) in [5.74, 6) is 0.820. The lowest BCUT2D eigenvalue weighted by molar-refractivity contribution is 0.0777. The van der Waals surface area contributed by atoms with E-state index in [0.29, 0.717) is 34.7 Å². The molecule has 1 amide bonds. The Balaban J connectivity index is 1.65. The van der Waals surface area contributed by atoms with E-state index in [1.54, 1.807) is 4.90 Å². The molecular weight excluding hydrogens is 396 g/mol. The first kappa shape index (κ1) is 20.8. The van der Waals surface area contributed by atoms with E-state index in [1.165, 1.54) is 16.9 Å². The van der Waals surface area contributed by atoms with Gasteiger partial charge in [0.1, 0.15) is 10.7 Å². The Kier molecular flexibility index (Phi) is 6.01. The van der Waals surface area contributed by atoms with Gasteiger partial charge in [-0.1, -0.05) is 30.3 Å². The van der Waals surface area contributed by atoms with Gasteiger partial charge in [0, 0.05) is 45.7 Å². The molecule has 0 aliphatic carbocycles. The van der Waals surface area contributed by atoms with E-state index in [9.17, 15) is 9.59 Å². The van der Waals surface area contributed by atoms with Gasteiger partial charge in [0.05, 0.1) is 10.3 Å². The molecule has 3 heterocycles. The summed E-state index contributed by atoms with van der Waals surface area (Å²) in [6.45, 7) is 10.3. The Bertz CT molecular complexity index is 1120. The van der Waals surface area contributed by atoms with Crippen LogP contribution in [0.25, 0.3) is 10.2 Å². The van der Waals surface area contributed by atoms with Crippen LogP contribution in [0.4, 0.5) is 0 Å². The van der Waals surface area contributed by atoms with Crippen molar-refractivity contribution >= 4 is 27.5 Å². The van der Waals surface area contributed by atoms with Gasteiger partial charge in [-0.15, -0.1) is 11.3 Å². The molecule has 1 aromatic carbocycles. The van der Waals surface area contributed by atoms with Crippen molar-refractivity contribution in [2.45, 2.75) is 40.3 Å². The van der Waals surface area contributed by atoms with E-state index in [-0.39, 0.29) is 11.5 Å². The van der Waals surface area contributed by atoms with Gasteiger partial charge >= 0.3 is 0 Å². The highest BCUT2D eigenvalue weighted by molar-refractivity contribution is 7.20. The summed E-state index contributed by atoms with van der Waals surface area (Å²) in [5.41, 5.74) is 2.04. The van der Waals surface area contributed by atoms with E-state index in [4.69, 9.17) is 4.98 Å².